The second kappa shape index (κ2) is 4.85. The van der Waals surface area contributed by atoms with Crippen molar-refractivity contribution >= 4 is 11.8 Å². The van der Waals surface area contributed by atoms with E-state index in [-0.39, 0.29) is 17.4 Å². The highest BCUT2D eigenvalue weighted by Crippen LogP contribution is 2.32. The van der Waals surface area contributed by atoms with E-state index in [1.165, 1.54) is 0 Å². The van der Waals surface area contributed by atoms with Crippen LogP contribution in [-0.2, 0) is 9.59 Å². The fraction of sp³-hybridized carbons (Fsp3) is 0.833. The molecular formula is C12H22N2O2. The number of carbonyl (C=O) groups excluding carboxylic acids is 2. The third-order valence-electron chi connectivity index (χ3n) is 3.19. The predicted octanol–water partition coefficient (Wildman–Crippen LogP) is 1.29. The SMILES string of the molecule is CC1CN(C(=O)CCCC(N)=O)C(C)(C)C1. The maximum atomic E-state index is 12.0. The number of nitrogens with zero attached hydrogens (tertiary/aromatic N) is 1. The Morgan fingerprint density at radius 1 is 1.38 bits per heavy atom. The average molecular weight is 226 g/mol. The van der Waals surface area contributed by atoms with Crippen molar-refractivity contribution in [2.75, 3.05) is 6.54 Å². The topological polar surface area (TPSA) is 63.4 Å². The summed E-state index contributed by atoms with van der Waals surface area (Å²) in [7, 11) is 0. The van der Waals surface area contributed by atoms with E-state index in [4.69, 9.17) is 5.73 Å². The highest BCUT2D eigenvalue weighted by molar-refractivity contribution is 5.79. The first kappa shape index (κ1) is 13.0. The molecule has 1 fully saturated rings. The first-order valence-corrected chi connectivity index (χ1v) is 5.91. The molecule has 1 unspecified atom stereocenters. The van der Waals surface area contributed by atoms with Gasteiger partial charge in [0.2, 0.25) is 11.8 Å². The monoisotopic (exact) mass is 226 g/mol. The molecule has 1 aliphatic rings. The third-order valence-corrected chi connectivity index (χ3v) is 3.19. The molecule has 16 heavy (non-hydrogen) atoms. The molecule has 2 amide bonds. The van der Waals surface area contributed by atoms with Crippen LogP contribution in [0.4, 0.5) is 0 Å². The summed E-state index contributed by atoms with van der Waals surface area (Å²) in [6.07, 6.45) is 2.35. The lowest BCUT2D eigenvalue weighted by Gasteiger charge is -2.31. The van der Waals surface area contributed by atoms with Crippen molar-refractivity contribution in [3.63, 3.8) is 0 Å². The van der Waals surface area contributed by atoms with E-state index in [9.17, 15) is 9.59 Å². The molecule has 0 bridgehead atoms. The van der Waals surface area contributed by atoms with Gasteiger partial charge < -0.3 is 10.6 Å². The minimum absolute atomic E-state index is 0.0385. The number of rotatable bonds is 4. The molecule has 1 heterocycles. The van der Waals surface area contributed by atoms with Crippen molar-refractivity contribution in [2.45, 2.75) is 52.0 Å². The number of nitrogens with two attached hydrogens (primary N) is 1. The van der Waals surface area contributed by atoms with Gasteiger partial charge in [-0.15, -0.1) is 0 Å². The molecule has 0 aromatic rings. The highest BCUT2D eigenvalue weighted by atomic mass is 16.2. The van der Waals surface area contributed by atoms with Gasteiger partial charge in [0.15, 0.2) is 0 Å². The lowest BCUT2D eigenvalue weighted by Crippen LogP contribution is -2.42. The van der Waals surface area contributed by atoms with Gasteiger partial charge in [-0.1, -0.05) is 6.92 Å². The largest absolute Gasteiger partial charge is 0.370 e. The lowest BCUT2D eigenvalue weighted by molar-refractivity contribution is -0.134. The Morgan fingerprint density at radius 3 is 2.44 bits per heavy atom. The van der Waals surface area contributed by atoms with Gasteiger partial charge in [0.25, 0.3) is 0 Å². The van der Waals surface area contributed by atoms with Crippen molar-refractivity contribution in [1.82, 2.24) is 4.90 Å². The van der Waals surface area contributed by atoms with Gasteiger partial charge in [-0.25, -0.2) is 0 Å². The van der Waals surface area contributed by atoms with Crippen LogP contribution >= 0.6 is 0 Å². The number of likely N-dealkylation sites (tertiary alicyclic amines) is 1. The Balaban J connectivity index is 2.45. The van der Waals surface area contributed by atoms with Crippen LogP contribution in [0.2, 0.25) is 0 Å². The van der Waals surface area contributed by atoms with Gasteiger partial charge in [0.05, 0.1) is 0 Å². The zero-order valence-corrected chi connectivity index (χ0v) is 10.5. The number of amides is 2. The molecular weight excluding hydrogens is 204 g/mol. The summed E-state index contributed by atoms with van der Waals surface area (Å²) in [6.45, 7) is 7.20. The third kappa shape index (κ3) is 3.22. The maximum absolute atomic E-state index is 12.0. The Kier molecular flexibility index (Phi) is 3.94. The molecule has 4 nitrogen and oxygen atoms in total. The summed E-state index contributed by atoms with van der Waals surface area (Å²) < 4.78 is 0. The Bertz CT molecular complexity index is 287. The van der Waals surface area contributed by atoms with Gasteiger partial charge in [-0.2, -0.15) is 0 Å². The molecule has 0 saturated carbocycles. The van der Waals surface area contributed by atoms with Crippen LogP contribution in [-0.4, -0.2) is 28.8 Å². The van der Waals surface area contributed by atoms with Gasteiger partial charge in [0.1, 0.15) is 0 Å². The quantitative estimate of drug-likeness (QED) is 0.785. The van der Waals surface area contributed by atoms with Gasteiger partial charge in [-0.05, 0) is 32.6 Å². The van der Waals surface area contributed by atoms with E-state index in [0.29, 0.717) is 25.2 Å². The minimum Gasteiger partial charge on any atom is -0.370 e. The van der Waals surface area contributed by atoms with Crippen molar-refractivity contribution < 1.29 is 9.59 Å². The smallest absolute Gasteiger partial charge is 0.223 e. The normalized spacial score (nSPS) is 23.4. The predicted molar refractivity (Wildman–Crippen MR) is 62.6 cm³/mol. The lowest BCUT2D eigenvalue weighted by atomic mass is 9.97. The second-order valence-corrected chi connectivity index (χ2v) is 5.45. The molecule has 0 radical (unpaired) electrons. The van der Waals surface area contributed by atoms with E-state index in [0.717, 1.165) is 13.0 Å². The van der Waals surface area contributed by atoms with Crippen molar-refractivity contribution in [3.05, 3.63) is 0 Å². The summed E-state index contributed by atoms with van der Waals surface area (Å²) in [5, 5.41) is 0. The molecule has 0 spiro atoms. The van der Waals surface area contributed by atoms with Gasteiger partial charge in [0, 0.05) is 24.9 Å². The van der Waals surface area contributed by atoms with Crippen LogP contribution in [0.25, 0.3) is 0 Å². The molecule has 0 aliphatic carbocycles. The van der Waals surface area contributed by atoms with E-state index in [1.54, 1.807) is 0 Å². The van der Waals surface area contributed by atoms with Crippen LogP contribution in [0, 0.1) is 5.92 Å². The first-order chi connectivity index (χ1) is 7.33. The van der Waals surface area contributed by atoms with E-state index >= 15 is 0 Å². The Labute approximate surface area is 97.2 Å². The summed E-state index contributed by atoms with van der Waals surface area (Å²) >= 11 is 0. The fourth-order valence-electron chi connectivity index (χ4n) is 2.57. The fourth-order valence-corrected chi connectivity index (χ4v) is 2.57. The number of hydrogen-bond acceptors (Lipinski definition) is 2. The van der Waals surface area contributed by atoms with Crippen molar-refractivity contribution in [3.8, 4) is 0 Å². The van der Waals surface area contributed by atoms with Crippen molar-refractivity contribution in [1.29, 1.82) is 0 Å². The molecule has 1 aliphatic heterocycles. The molecule has 1 atom stereocenters. The summed E-state index contributed by atoms with van der Waals surface area (Å²) in [6, 6.07) is 0. The van der Waals surface area contributed by atoms with Gasteiger partial charge >= 0.3 is 0 Å². The van der Waals surface area contributed by atoms with Crippen LogP contribution in [0.15, 0.2) is 0 Å². The molecule has 0 aromatic heterocycles. The molecule has 1 saturated heterocycles. The standard InChI is InChI=1S/C12H22N2O2/c1-9-7-12(2,3)14(8-9)11(16)6-4-5-10(13)15/h9H,4-8H2,1-3H3,(H2,13,15). The number of primary amides is 1. The highest BCUT2D eigenvalue weighted by Gasteiger charge is 2.38. The van der Waals surface area contributed by atoms with Crippen LogP contribution in [0.1, 0.15) is 46.5 Å². The number of hydrogen-bond donors (Lipinski definition) is 1. The Hall–Kier alpha value is -1.06. The minimum atomic E-state index is -0.332. The molecule has 2 N–H and O–H groups in total. The summed E-state index contributed by atoms with van der Waals surface area (Å²) in [5.74, 6) is 0.382. The van der Waals surface area contributed by atoms with E-state index in [2.05, 4.69) is 20.8 Å². The molecule has 4 heteroatoms. The summed E-state index contributed by atoms with van der Waals surface area (Å²) in [4.78, 5) is 24.5. The molecule has 0 aromatic carbocycles. The van der Waals surface area contributed by atoms with Crippen LogP contribution < -0.4 is 5.73 Å². The maximum Gasteiger partial charge on any atom is 0.223 e. The zero-order valence-electron chi connectivity index (χ0n) is 10.5. The number of carbonyl (C=O) groups is 2. The Morgan fingerprint density at radius 2 is 2.00 bits per heavy atom. The van der Waals surface area contributed by atoms with Crippen molar-refractivity contribution in [2.24, 2.45) is 11.7 Å². The van der Waals surface area contributed by atoms with Crippen LogP contribution in [0.3, 0.4) is 0 Å². The summed E-state index contributed by atoms with van der Waals surface area (Å²) in [5.41, 5.74) is 5.01. The zero-order chi connectivity index (χ0) is 12.3. The molecule has 92 valence electrons. The average Bonchev–Trinajstić information content (AvgIpc) is 2.38. The second-order valence-electron chi connectivity index (χ2n) is 5.45. The first-order valence-electron chi connectivity index (χ1n) is 5.91. The molecule has 1 rings (SSSR count). The van der Waals surface area contributed by atoms with E-state index < -0.39 is 0 Å². The van der Waals surface area contributed by atoms with Crippen LogP contribution in [0.5, 0.6) is 0 Å². The van der Waals surface area contributed by atoms with E-state index in [1.807, 2.05) is 4.90 Å². The van der Waals surface area contributed by atoms with Gasteiger partial charge in [-0.3, -0.25) is 9.59 Å².